The molecular formula is C25H28N2O5S. The highest BCUT2D eigenvalue weighted by molar-refractivity contribution is 7.89. The monoisotopic (exact) mass is 468 g/mol. The minimum absolute atomic E-state index is 0.0195. The van der Waals surface area contributed by atoms with Crippen LogP contribution in [-0.4, -0.2) is 31.2 Å². The second kappa shape index (κ2) is 9.11. The summed E-state index contributed by atoms with van der Waals surface area (Å²) in [7, 11) is -3.60. The number of aryl methyl sites for hydroxylation is 2. The Bertz CT molecular complexity index is 1360. The van der Waals surface area contributed by atoms with E-state index in [1.165, 1.54) is 18.2 Å². The van der Waals surface area contributed by atoms with Crippen LogP contribution in [0.15, 0.2) is 56.6 Å². The standard InChI is InChI=1S/C25H28N2O5S/c1-4-19-7-5-6-14-27(19)33(30,31)20-11-9-18(10-12-20)26-25(29)23-15-22(28)21-13-8-16(2)17(3)24(21)32-23/h8-13,15,19H,4-7,14H2,1-3H3,(H,26,29)/t19-/m1/s1. The number of carbonyl (C=O) groups excluding carboxylic acids is 1. The maximum Gasteiger partial charge on any atom is 0.291 e. The molecule has 1 saturated heterocycles. The molecule has 7 nitrogen and oxygen atoms in total. The predicted molar refractivity (Wildman–Crippen MR) is 128 cm³/mol. The minimum Gasteiger partial charge on any atom is -0.450 e. The Kier molecular flexibility index (Phi) is 6.41. The van der Waals surface area contributed by atoms with Crippen molar-refractivity contribution in [3.8, 4) is 0 Å². The molecule has 1 amide bonds. The molecule has 1 aliphatic rings. The van der Waals surface area contributed by atoms with Gasteiger partial charge in [0.2, 0.25) is 10.0 Å². The number of hydrogen-bond donors (Lipinski definition) is 1. The topological polar surface area (TPSA) is 96.7 Å². The summed E-state index contributed by atoms with van der Waals surface area (Å²) in [5, 5.41) is 3.11. The fraction of sp³-hybridized carbons (Fsp3) is 0.360. The van der Waals surface area contributed by atoms with Gasteiger partial charge in [-0.1, -0.05) is 19.4 Å². The molecule has 33 heavy (non-hydrogen) atoms. The predicted octanol–water partition coefficient (Wildman–Crippen LogP) is 4.62. The van der Waals surface area contributed by atoms with Crippen LogP contribution in [-0.2, 0) is 10.0 Å². The van der Waals surface area contributed by atoms with E-state index in [1.807, 2.05) is 26.8 Å². The molecule has 8 heteroatoms. The van der Waals surface area contributed by atoms with Crippen molar-refractivity contribution in [3.05, 3.63) is 69.6 Å². The molecule has 4 rings (SSSR count). The summed E-state index contributed by atoms with van der Waals surface area (Å²) in [4.78, 5) is 25.4. The van der Waals surface area contributed by atoms with Crippen LogP contribution in [0.5, 0.6) is 0 Å². The van der Waals surface area contributed by atoms with Gasteiger partial charge in [-0.2, -0.15) is 4.31 Å². The number of amides is 1. The van der Waals surface area contributed by atoms with Gasteiger partial charge in [-0.3, -0.25) is 9.59 Å². The maximum absolute atomic E-state index is 13.1. The van der Waals surface area contributed by atoms with Crippen molar-refractivity contribution < 1.29 is 17.6 Å². The van der Waals surface area contributed by atoms with Crippen LogP contribution in [0.2, 0.25) is 0 Å². The summed E-state index contributed by atoms with van der Waals surface area (Å²) in [6.07, 6.45) is 3.56. The van der Waals surface area contributed by atoms with Gasteiger partial charge in [-0.25, -0.2) is 8.42 Å². The van der Waals surface area contributed by atoms with Gasteiger partial charge in [0.15, 0.2) is 11.2 Å². The Hall–Kier alpha value is -2.97. The molecule has 1 N–H and O–H groups in total. The second-order valence-electron chi connectivity index (χ2n) is 8.51. The number of carbonyl (C=O) groups is 1. The first-order valence-electron chi connectivity index (χ1n) is 11.2. The smallest absolute Gasteiger partial charge is 0.291 e. The van der Waals surface area contributed by atoms with Gasteiger partial charge in [-0.05, 0) is 74.6 Å². The number of nitrogens with one attached hydrogen (secondary N) is 1. The summed E-state index contributed by atoms with van der Waals surface area (Å²) in [6, 6.07) is 10.8. The third-order valence-corrected chi connectivity index (χ3v) is 8.37. The quantitative estimate of drug-likeness (QED) is 0.590. The number of sulfonamides is 1. The van der Waals surface area contributed by atoms with Gasteiger partial charge in [0.05, 0.1) is 10.3 Å². The summed E-state index contributed by atoms with van der Waals surface area (Å²) >= 11 is 0. The molecule has 1 fully saturated rings. The van der Waals surface area contributed by atoms with E-state index < -0.39 is 15.9 Å². The highest BCUT2D eigenvalue weighted by Gasteiger charge is 2.32. The molecule has 0 unspecified atom stereocenters. The van der Waals surface area contributed by atoms with Crippen LogP contribution in [0.3, 0.4) is 0 Å². The van der Waals surface area contributed by atoms with Gasteiger partial charge >= 0.3 is 0 Å². The highest BCUT2D eigenvalue weighted by Crippen LogP contribution is 2.28. The van der Waals surface area contributed by atoms with Crippen LogP contribution in [0.25, 0.3) is 11.0 Å². The molecule has 3 aromatic rings. The molecule has 0 radical (unpaired) electrons. The number of benzene rings is 2. The number of nitrogens with zero attached hydrogens (tertiary/aromatic N) is 1. The molecular weight excluding hydrogens is 440 g/mol. The first kappa shape index (κ1) is 23.2. The van der Waals surface area contributed by atoms with Crippen LogP contribution < -0.4 is 10.7 Å². The number of piperidine rings is 1. The lowest BCUT2D eigenvalue weighted by Gasteiger charge is -2.34. The number of anilines is 1. The van der Waals surface area contributed by atoms with Crippen molar-refractivity contribution >= 4 is 32.6 Å². The fourth-order valence-corrected chi connectivity index (χ4v) is 6.07. The Labute approximate surface area is 193 Å². The molecule has 1 aliphatic heterocycles. The minimum atomic E-state index is -3.60. The second-order valence-corrected chi connectivity index (χ2v) is 10.4. The number of hydrogen-bond acceptors (Lipinski definition) is 5. The van der Waals surface area contributed by atoms with Gasteiger partial charge < -0.3 is 9.73 Å². The molecule has 0 bridgehead atoms. The Morgan fingerprint density at radius 3 is 2.55 bits per heavy atom. The van der Waals surface area contributed by atoms with Crippen LogP contribution in [0, 0.1) is 13.8 Å². The zero-order chi connectivity index (χ0) is 23.8. The Balaban J connectivity index is 1.56. The fourth-order valence-electron chi connectivity index (χ4n) is 4.30. The largest absolute Gasteiger partial charge is 0.450 e. The summed E-state index contributed by atoms with van der Waals surface area (Å²) in [5.74, 6) is -0.676. The van der Waals surface area contributed by atoms with E-state index in [-0.39, 0.29) is 22.1 Å². The average Bonchev–Trinajstić information content (AvgIpc) is 2.81. The van der Waals surface area contributed by atoms with Crippen LogP contribution in [0.4, 0.5) is 5.69 Å². The number of fused-ring (bicyclic) bond motifs is 1. The molecule has 174 valence electrons. The molecule has 1 atom stereocenters. The van der Waals surface area contributed by atoms with Gasteiger partial charge in [0, 0.05) is 24.3 Å². The van der Waals surface area contributed by atoms with Gasteiger partial charge in [-0.15, -0.1) is 0 Å². The summed E-state index contributed by atoms with van der Waals surface area (Å²) in [6.45, 7) is 6.28. The van der Waals surface area contributed by atoms with Crippen molar-refractivity contribution in [1.29, 1.82) is 0 Å². The van der Waals surface area contributed by atoms with E-state index in [0.717, 1.165) is 36.8 Å². The van der Waals surface area contributed by atoms with E-state index in [0.29, 0.717) is 23.2 Å². The highest BCUT2D eigenvalue weighted by atomic mass is 32.2. The first-order valence-corrected chi connectivity index (χ1v) is 12.6. The van der Waals surface area contributed by atoms with E-state index >= 15 is 0 Å². The molecule has 0 saturated carbocycles. The first-order chi connectivity index (χ1) is 15.7. The lowest BCUT2D eigenvalue weighted by molar-refractivity contribution is 0.0997. The maximum atomic E-state index is 13.1. The van der Waals surface area contributed by atoms with Crippen molar-refractivity contribution in [2.75, 3.05) is 11.9 Å². The van der Waals surface area contributed by atoms with Crippen molar-refractivity contribution in [2.24, 2.45) is 0 Å². The SMILES string of the molecule is CC[C@@H]1CCCCN1S(=O)(=O)c1ccc(NC(=O)c2cc(=O)c3ccc(C)c(C)c3o2)cc1. The molecule has 1 aromatic heterocycles. The molecule has 2 aromatic carbocycles. The normalized spacial score (nSPS) is 17.2. The van der Waals surface area contributed by atoms with Gasteiger partial charge in [0.1, 0.15) is 5.58 Å². The summed E-state index contributed by atoms with van der Waals surface area (Å²) in [5.41, 5.74) is 2.27. The van der Waals surface area contributed by atoms with Crippen molar-refractivity contribution in [2.45, 2.75) is 57.4 Å². The Morgan fingerprint density at radius 2 is 1.85 bits per heavy atom. The Morgan fingerprint density at radius 1 is 1.12 bits per heavy atom. The molecule has 0 aliphatic carbocycles. The van der Waals surface area contributed by atoms with Gasteiger partial charge in [0.25, 0.3) is 5.91 Å². The van der Waals surface area contributed by atoms with E-state index in [1.54, 1.807) is 22.5 Å². The molecule has 0 spiro atoms. The van der Waals surface area contributed by atoms with E-state index in [2.05, 4.69) is 5.32 Å². The van der Waals surface area contributed by atoms with E-state index in [9.17, 15) is 18.0 Å². The zero-order valence-corrected chi connectivity index (χ0v) is 19.9. The van der Waals surface area contributed by atoms with Crippen LogP contribution in [0.1, 0.15) is 54.3 Å². The van der Waals surface area contributed by atoms with E-state index in [4.69, 9.17) is 4.42 Å². The zero-order valence-electron chi connectivity index (χ0n) is 19.1. The summed E-state index contributed by atoms with van der Waals surface area (Å²) < 4.78 is 33.6. The molecule has 2 heterocycles. The lowest BCUT2D eigenvalue weighted by Crippen LogP contribution is -2.43. The third-order valence-electron chi connectivity index (χ3n) is 6.40. The van der Waals surface area contributed by atoms with Crippen molar-refractivity contribution in [1.82, 2.24) is 4.31 Å². The lowest BCUT2D eigenvalue weighted by atomic mass is 10.0. The van der Waals surface area contributed by atoms with Crippen molar-refractivity contribution in [3.63, 3.8) is 0 Å². The average molecular weight is 469 g/mol. The third kappa shape index (κ3) is 4.45. The van der Waals surface area contributed by atoms with Crippen LogP contribution >= 0.6 is 0 Å². The number of rotatable bonds is 5.